The molecule has 1 aromatic heterocycles. The van der Waals surface area contributed by atoms with Crippen molar-refractivity contribution in [1.82, 2.24) is 14.9 Å². The Morgan fingerprint density at radius 1 is 1.23 bits per heavy atom. The topological polar surface area (TPSA) is 70.2 Å². The van der Waals surface area contributed by atoms with Gasteiger partial charge in [0.2, 0.25) is 0 Å². The molecule has 26 heavy (non-hydrogen) atoms. The zero-order valence-corrected chi connectivity index (χ0v) is 14.8. The Morgan fingerprint density at radius 3 is 2.62 bits per heavy atom. The maximum atomic E-state index is 12.8. The van der Waals surface area contributed by atoms with Gasteiger partial charge in [0, 0.05) is 19.2 Å². The van der Waals surface area contributed by atoms with Crippen molar-refractivity contribution >= 4 is 29.0 Å². The molecular formula is C16H17ClF3N5O. The molecule has 1 aromatic carbocycles. The van der Waals surface area contributed by atoms with Crippen molar-refractivity contribution in [2.45, 2.75) is 6.18 Å². The molecule has 6 nitrogen and oxygen atoms in total. The van der Waals surface area contributed by atoms with Crippen LogP contribution < -0.4 is 10.6 Å². The van der Waals surface area contributed by atoms with E-state index in [1.165, 1.54) is 12.4 Å². The summed E-state index contributed by atoms with van der Waals surface area (Å²) in [4.78, 5) is 22.1. The Bertz CT molecular complexity index is 783. The second-order valence-electron chi connectivity index (χ2n) is 5.67. The van der Waals surface area contributed by atoms with Crippen LogP contribution in [0.3, 0.4) is 0 Å². The van der Waals surface area contributed by atoms with Crippen molar-refractivity contribution in [2.75, 3.05) is 37.8 Å². The van der Waals surface area contributed by atoms with E-state index < -0.39 is 17.6 Å². The Kier molecular flexibility index (Phi) is 6.38. The average Bonchev–Trinajstić information content (AvgIpc) is 2.55. The number of benzene rings is 1. The highest BCUT2D eigenvalue weighted by Crippen LogP contribution is 2.33. The van der Waals surface area contributed by atoms with Crippen LogP contribution in [0.1, 0.15) is 16.1 Å². The number of nitrogens with zero attached hydrogens (tertiary/aromatic N) is 3. The number of amides is 1. The maximum absolute atomic E-state index is 12.8. The molecule has 0 unspecified atom stereocenters. The maximum Gasteiger partial charge on any atom is 0.416 e. The van der Waals surface area contributed by atoms with E-state index in [2.05, 4.69) is 20.6 Å². The normalized spacial score (nSPS) is 11.5. The third-order valence-electron chi connectivity index (χ3n) is 3.31. The van der Waals surface area contributed by atoms with E-state index >= 15 is 0 Å². The zero-order valence-electron chi connectivity index (χ0n) is 14.1. The zero-order chi connectivity index (χ0) is 19.3. The number of carbonyl (C=O) groups excluding carboxylic acids is 1. The summed E-state index contributed by atoms with van der Waals surface area (Å²) < 4.78 is 38.4. The van der Waals surface area contributed by atoms with Crippen LogP contribution in [0.25, 0.3) is 0 Å². The largest absolute Gasteiger partial charge is 0.416 e. The molecule has 1 amide bonds. The molecule has 0 saturated carbocycles. The molecule has 0 spiro atoms. The number of nitrogens with one attached hydrogen (secondary N) is 2. The van der Waals surface area contributed by atoms with Crippen LogP contribution in [0.5, 0.6) is 0 Å². The van der Waals surface area contributed by atoms with Gasteiger partial charge in [-0.1, -0.05) is 11.6 Å². The fourth-order valence-corrected chi connectivity index (χ4v) is 2.13. The van der Waals surface area contributed by atoms with Crippen molar-refractivity contribution in [3.63, 3.8) is 0 Å². The van der Waals surface area contributed by atoms with Gasteiger partial charge in [-0.3, -0.25) is 4.79 Å². The van der Waals surface area contributed by atoms with Crippen LogP contribution >= 0.6 is 11.6 Å². The van der Waals surface area contributed by atoms with Crippen LogP contribution in [0.15, 0.2) is 30.6 Å². The van der Waals surface area contributed by atoms with Gasteiger partial charge in [0.05, 0.1) is 16.3 Å². The number of hydrogen-bond donors (Lipinski definition) is 2. The number of anilines is 2. The van der Waals surface area contributed by atoms with E-state index in [1.54, 1.807) is 0 Å². The molecule has 0 bridgehead atoms. The minimum Gasteiger partial charge on any atom is -0.369 e. The lowest BCUT2D eigenvalue weighted by Gasteiger charge is -2.12. The first-order valence-electron chi connectivity index (χ1n) is 7.55. The summed E-state index contributed by atoms with van der Waals surface area (Å²) in [6.07, 6.45) is -3.34. The molecule has 0 saturated heterocycles. The fraction of sp³-hybridized carbons (Fsp3) is 0.312. The molecule has 2 N–H and O–H groups in total. The summed E-state index contributed by atoms with van der Waals surface area (Å²) in [5.74, 6) is -0.258. The van der Waals surface area contributed by atoms with E-state index in [4.69, 9.17) is 11.6 Å². The predicted octanol–water partition coefficient (Wildman–Crippen LogP) is 3.37. The Morgan fingerprint density at radius 2 is 1.96 bits per heavy atom. The Labute approximate surface area is 153 Å². The van der Waals surface area contributed by atoms with E-state index in [-0.39, 0.29) is 16.4 Å². The van der Waals surface area contributed by atoms with E-state index in [9.17, 15) is 18.0 Å². The number of aromatic nitrogens is 2. The van der Waals surface area contributed by atoms with Crippen molar-refractivity contribution < 1.29 is 18.0 Å². The van der Waals surface area contributed by atoms with Gasteiger partial charge in [-0.25, -0.2) is 9.97 Å². The van der Waals surface area contributed by atoms with Crippen LogP contribution in [0.2, 0.25) is 5.02 Å². The number of alkyl halides is 3. The third kappa shape index (κ3) is 5.57. The first-order chi connectivity index (χ1) is 12.2. The predicted molar refractivity (Wildman–Crippen MR) is 93.5 cm³/mol. The molecule has 2 aromatic rings. The molecule has 0 atom stereocenters. The van der Waals surface area contributed by atoms with Crippen LogP contribution in [-0.2, 0) is 6.18 Å². The van der Waals surface area contributed by atoms with Crippen molar-refractivity contribution in [1.29, 1.82) is 0 Å². The molecule has 0 radical (unpaired) electrons. The SMILES string of the molecule is CN(C)CCNc1cc(C(=O)Nc2cc(C(F)(F)F)ccc2Cl)ncn1. The fourth-order valence-electron chi connectivity index (χ4n) is 1.97. The minimum atomic E-state index is -4.54. The van der Waals surface area contributed by atoms with Gasteiger partial charge >= 0.3 is 6.18 Å². The third-order valence-corrected chi connectivity index (χ3v) is 3.64. The van der Waals surface area contributed by atoms with Crippen LogP contribution in [0, 0.1) is 0 Å². The highest BCUT2D eigenvalue weighted by molar-refractivity contribution is 6.33. The van der Waals surface area contributed by atoms with Gasteiger partial charge in [0.1, 0.15) is 17.8 Å². The molecule has 140 valence electrons. The van der Waals surface area contributed by atoms with E-state index in [1.807, 2.05) is 19.0 Å². The lowest BCUT2D eigenvalue weighted by Crippen LogP contribution is -2.21. The lowest BCUT2D eigenvalue weighted by molar-refractivity contribution is -0.137. The monoisotopic (exact) mass is 387 g/mol. The molecule has 0 aliphatic rings. The van der Waals surface area contributed by atoms with Gasteiger partial charge in [0.25, 0.3) is 5.91 Å². The molecule has 2 rings (SSSR count). The smallest absolute Gasteiger partial charge is 0.369 e. The van der Waals surface area contributed by atoms with Gasteiger partial charge in [0.15, 0.2) is 0 Å². The van der Waals surface area contributed by atoms with E-state index in [0.717, 1.165) is 24.7 Å². The van der Waals surface area contributed by atoms with Crippen LogP contribution in [-0.4, -0.2) is 48.0 Å². The molecular weight excluding hydrogens is 371 g/mol. The molecule has 1 heterocycles. The number of halogens is 4. The highest BCUT2D eigenvalue weighted by atomic mass is 35.5. The van der Waals surface area contributed by atoms with Gasteiger partial charge in [-0.15, -0.1) is 0 Å². The van der Waals surface area contributed by atoms with Gasteiger partial charge < -0.3 is 15.5 Å². The Hall–Kier alpha value is -2.39. The van der Waals surface area contributed by atoms with Gasteiger partial charge in [-0.05, 0) is 32.3 Å². The average molecular weight is 388 g/mol. The number of hydrogen-bond acceptors (Lipinski definition) is 5. The van der Waals surface area contributed by atoms with Crippen molar-refractivity contribution in [3.05, 3.63) is 46.9 Å². The molecule has 0 aliphatic carbocycles. The van der Waals surface area contributed by atoms with Crippen LogP contribution in [0.4, 0.5) is 24.7 Å². The summed E-state index contributed by atoms with van der Waals surface area (Å²) in [6, 6.07) is 4.10. The lowest BCUT2D eigenvalue weighted by atomic mass is 10.2. The number of rotatable bonds is 6. The Balaban J connectivity index is 2.13. The quantitative estimate of drug-likeness (QED) is 0.795. The van der Waals surface area contributed by atoms with E-state index in [0.29, 0.717) is 12.4 Å². The molecule has 10 heteroatoms. The van der Waals surface area contributed by atoms with Crippen molar-refractivity contribution in [3.8, 4) is 0 Å². The molecule has 0 fully saturated rings. The molecule has 0 aliphatic heterocycles. The standard InChI is InChI=1S/C16H17ClF3N5O/c1-25(2)6-5-21-14-8-13(22-9-23-14)15(26)24-12-7-10(16(18,19)20)3-4-11(12)17/h3-4,7-9H,5-6H2,1-2H3,(H,24,26)(H,21,22,23). The first kappa shape index (κ1) is 19.9. The second-order valence-corrected chi connectivity index (χ2v) is 6.07. The second kappa shape index (κ2) is 8.33. The van der Waals surface area contributed by atoms with Gasteiger partial charge in [-0.2, -0.15) is 13.2 Å². The summed E-state index contributed by atoms with van der Waals surface area (Å²) in [7, 11) is 3.83. The summed E-state index contributed by atoms with van der Waals surface area (Å²) in [6.45, 7) is 1.36. The summed E-state index contributed by atoms with van der Waals surface area (Å²) in [5, 5.41) is 5.36. The highest BCUT2D eigenvalue weighted by Gasteiger charge is 2.31. The number of likely N-dealkylation sites (N-methyl/N-ethyl adjacent to an activating group) is 1. The summed E-state index contributed by atoms with van der Waals surface area (Å²) >= 11 is 5.88. The summed E-state index contributed by atoms with van der Waals surface area (Å²) in [5.41, 5.74) is -1.06. The minimum absolute atomic E-state index is 0.000770. The number of carbonyl (C=O) groups is 1. The van der Waals surface area contributed by atoms with Crippen molar-refractivity contribution in [2.24, 2.45) is 0 Å². The first-order valence-corrected chi connectivity index (χ1v) is 7.93.